The summed E-state index contributed by atoms with van der Waals surface area (Å²) in [6.07, 6.45) is 0.0535. The van der Waals surface area contributed by atoms with Crippen molar-refractivity contribution in [3.8, 4) is 5.75 Å². The summed E-state index contributed by atoms with van der Waals surface area (Å²) < 4.78 is 9.91. The molecule has 0 unspecified atom stereocenters. The van der Waals surface area contributed by atoms with Gasteiger partial charge in [0.1, 0.15) is 16.3 Å². The van der Waals surface area contributed by atoms with Crippen LogP contribution < -0.4 is 10.1 Å². The second-order valence-corrected chi connectivity index (χ2v) is 5.91. The molecule has 1 N–H and O–H groups in total. The van der Waals surface area contributed by atoms with Crippen molar-refractivity contribution in [1.82, 2.24) is 0 Å². The first-order valence-corrected chi connectivity index (χ1v) is 8.14. The molecule has 25 heavy (non-hydrogen) atoms. The van der Waals surface area contributed by atoms with Gasteiger partial charge in [0.2, 0.25) is 5.91 Å². The topological polar surface area (TPSA) is 108 Å². The zero-order chi connectivity index (χ0) is 18.4. The third kappa shape index (κ3) is 4.77. The van der Waals surface area contributed by atoms with Crippen LogP contribution in [0.3, 0.4) is 0 Å². The largest absolute Gasteiger partial charge is 0.497 e. The maximum absolute atomic E-state index is 12.2. The molecular formula is C16H16N2O6S. The molecule has 8 nitrogen and oxygen atoms in total. The maximum Gasteiger partial charge on any atom is 0.341 e. The van der Waals surface area contributed by atoms with Crippen molar-refractivity contribution < 1.29 is 24.0 Å². The van der Waals surface area contributed by atoms with Crippen LogP contribution in [-0.2, 0) is 16.0 Å². The number of esters is 1. The molecule has 0 radical (unpaired) electrons. The van der Waals surface area contributed by atoms with Crippen LogP contribution in [-0.4, -0.2) is 30.5 Å². The van der Waals surface area contributed by atoms with Gasteiger partial charge in [0.05, 0.1) is 25.1 Å². The van der Waals surface area contributed by atoms with Gasteiger partial charge in [-0.15, -0.1) is 0 Å². The number of benzene rings is 1. The molecule has 1 amide bonds. The highest BCUT2D eigenvalue weighted by molar-refractivity contribution is 7.19. The fraction of sp³-hybridized carbons (Fsp3) is 0.250. The van der Waals surface area contributed by atoms with Gasteiger partial charge in [-0.25, -0.2) is 4.79 Å². The Balaban J connectivity index is 2.15. The standard InChI is InChI=1S/C16H16N2O6S/c1-3-24-16(20)12-9-14(18(21)22)25-15(12)17-13(19)8-10-4-6-11(23-2)7-5-10/h4-7,9H,3,8H2,1-2H3,(H,17,19). The minimum absolute atomic E-state index is 0.0263. The molecule has 1 heterocycles. The van der Waals surface area contributed by atoms with E-state index in [-0.39, 0.29) is 28.6 Å². The summed E-state index contributed by atoms with van der Waals surface area (Å²) in [7, 11) is 1.54. The van der Waals surface area contributed by atoms with E-state index in [2.05, 4.69) is 5.32 Å². The molecule has 0 aliphatic rings. The zero-order valence-electron chi connectivity index (χ0n) is 13.6. The lowest BCUT2D eigenvalue weighted by molar-refractivity contribution is -0.380. The van der Waals surface area contributed by atoms with Gasteiger partial charge in [-0.05, 0) is 36.0 Å². The number of thiophene rings is 1. The van der Waals surface area contributed by atoms with E-state index < -0.39 is 16.8 Å². The van der Waals surface area contributed by atoms with E-state index in [1.807, 2.05) is 0 Å². The van der Waals surface area contributed by atoms with Crippen LogP contribution >= 0.6 is 11.3 Å². The summed E-state index contributed by atoms with van der Waals surface area (Å²) in [4.78, 5) is 34.4. The number of ether oxygens (including phenoxy) is 2. The Kier molecular flexibility index (Phi) is 6.07. The average molecular weight is 364 g/mol. The molecule has 0 aliphatic carbocycles. The molecule has 132 valence electrons. The summed E-state index contributed by atoms with van der Waals surface area (Å²) in [5.41, 5.74) is 0.712. The molecule has 0 saturated heterocycles. The van der Waals surface area contributed by atoms with Crippen molar-refractivity contribution >= 4 is 33.2 Å². The summed E-state index contributed by atoms with van der Waals surface area (Å²) in [5, 5.41) is 13.3. The van der Waals surface area contributed by atoms with Crippen molar-refractivity contribution in [2.75, 3.05) is 19.0 Å². The second kappa shape index (κ2) is 8.25. The Labute approximate surface area is 147 Å². The highest BCUT2D eigenvalue weighted by Crippen LogP contribution is 2.34. The molecule has 1 aromatic heterocycles. The quantitative estimate of drug-likeness (QED) is 0.460. The lowest BCUT2D eigenvalue weighted by Crippen LogP contribution is -2.16. The van der Waals surface area contributed by atoms with Gasteiger partial charge in [-0.3, -0.25) is 14.9 Å². The van der Waals surface area contributed by atoms with E-state index in [0.717, 1.165) is 11.6 Å². The number of nitrogens with zero attached hydrogens (tertiary/aromatic N) is 1. The highest BCUT2D eigenvalue weighted by Gasteiger charge is 2.24. The first kappa shape index (κ1) is 18.4. The van der Waals surface area contributed by atoms with E-state index in [9.17, 15) is 19.7 Å². The first-order chi connectivity index (χ1) is 11.9. The predicted octanol–water partition coefficient (Wildman–Crippen LogP) is 3.02. The normalized spacial score (nSPS) is 10.2. The lowest BCUT2D eigenvalue weighted by atomic mass is 10.1. The van der Waals surface area contributed by atoms with Crippen LogP contribution in [0.15, 0.2) is 30.3 Å². The Bertz CT molecular complexity index is 784. The predicted molar refractivity (Wildman–Crippen MR) is 92.3 cm³/mol. The molecule has 0 aliphatic heterocycles. The van der Waals surface area contributed by atoms with Crippen molar-refractivity contribution in [3.63, 3.8) is 0 Å². The van der Waals surface area contributed by atoms with Crippen LogP contribution in [0.4, 0.5) is 10.0 Å². The lowest BCUT2D eigenvalue weighted by Gasteiger charge is -2.06. The molecule has 0 saturated carbocycles. The number of amides is 1. The number of hydrogen-bond acceptors (Lipinski definition) is 7. The third-order valence-electron chi connectivity index (χ3n) is 3.17. The van der Waals surface area contributed by atoms with E-state index in [1.165, 1.54) is 0 Å². The summed E-state index contributed by atoms with van der Waals surface area (Å²) >= 11 is 0.715. The number of rotatable bonds is 7. The molecule has 0 fully saturated rings. The Morgan fingerprint density at radius 3 is 2.52 bits per heavy atom. The highest BCUT2D eigenvalue weighted by atomic mass is 32.1. The molecule has 0 spiro atoms. The molecule has 2 aromatic rings. The van der Waals surface area contributed by atoms with Gasteiger partial charge in [0.15, 0.2) is 0 Å². The van der Waals surface area contributed by atoms with Crippen molar-refractivity contribution in [1.29, 1.82) is 0 Å². The first-order valence-electron chi connectivity index (χ1n) is 7.32. The van der Waals surface area contributed by atoms with Gasteiger partial charge in [-0.2, -0.15) is 0 Å². The molecule has 1 aromatic carbocycles. The SMILES string of the molecule is CCOC(=O)c1cc([N+](=O)[O-])sc1NC(=O)Cc1ccc(OC)cc1. The third-order valence-corrected chi connectivity index (χ3v) is 4.17. The molecule has 9 heteroatoms. The summed E-state index contributed by atoms with van der Waals surface area (Å²) in [6.45, 7) is 1.75. The summed E-state index contributed by atoms with van der Waals surface area (Å²) in [5.74, 6) is -0.443. The number of nitro groups is 1. The molecule has 0 atom stereocenters. The van der Waals surface area contributed by atoms with Gasteiger partial charge >= 0.3 is 11.0 Å². The van der Waals surface area contributed by atoms with Crippen LogP contribution in [0, 0.1) is 10.1 Å². The Morgan fingerprint density at radius 1 is 1.28 bits per heavy atom. The monoisotopic (exact) mass is 364 g/mol. The van der Waals surface area contributed by atoms with Crippen molar-refractivity contribution in [3.05, 3.63) is 51.6 Å². The van der Waals surface area contributed by atoms with Gasteiger partial charge in [-0.1, -0.05) is 12.1 Å². The van der Waals surface area contributed by atoms with E-state index >= 15 is 0 Å². The Morgan fingerprint density at radius 2 is 1.96 bits per heavy atom. The maximum atomic E-state index is 12.2. The fourth-order valence-corrected chi connectivity index (χ4v) is 2.90. The van der Waals surface area contributed by atoms with Crippen molar-refractivity contribution in [2.24, 2.45) is 0 Å². The van der Waals surface area contributed by atoms with Gasteiger partial charge < -0.3 is 14.8 Å². The number of methoxy groups -OCH3 is 1. The Hall–Kier alpha value is -2.94. The molecular weight excluding hydrogens is 348 g/mol. The number of hydrogen-bond donors (Lipinski definition) is 1. The van der Waals surface area contributed by atoms with Crippen LogP contribution in [0.25, 0.3) is 0 Å². The van der Waals surface area contributed by atoms with E-state index in [1.54, 1.807) is 38.3 Å². The minimum atomic E-state index is -0.716. The number of anilines is 1. The second-order valence-electron chi connectivity index (χ2n) is 4.88. The molecule has 0 bridgehead atoms. The smallest absolute Gasteiger partial charge is 0.341 e. The minimum Gasteiger partial charge on any atom is -0.497 e. The van der Waals surface area contributed by atoms with Crippen LogP contribution in [0.2, 0.25) is 0 Å². The van der Waals surface area contributed by atoms with E-state index in [4.69, 9.17) is 9.47 Å². The number of nitrogens with one attached hydrogen (secondary N) is 1. The van der Waals surface area contributed by atoms with Crippen LogP contribution in [0.1, 0.15) is 22.8 Å². The molecule has 2 rings (SSSR count). The van der Waals surface area contributed by atoms with E-state index in [0.29, 0.717) is 17.1 Å². The van der Waals surface area contributed by atoms with Gasteiger partial charge in [0.25, 0.3) is 0 Å². The number of carbonyl (C=O) groups is 2. The van der Waals surface area contributed by atoms with Gasteiger partial charge in [0, 0.05) is 6.07 Å². The zero-order valence-corrected chi connectivity index (χ0v) is 14.4. The fourth-order valence-electron chi connectivity index (χ4n) is 2.02. The van der Waals surface area contributed by atoms with Crippen molar-refractivity contribution in [2.45, 2.75) is 13.3 Å². The number of carbonyl (C=O) groups excluding carboxylic acids is 2. The summed E-state index contributed by atoms with van der Waals surface area (Å²) in [6, 6.07) is 8.03. The van der Waals surface area contributed by atoms with Crippen LogP contribution in [0.5, 0.6) is 5.75 Å². The average Bonchev–Trinajstić information content (AvgIpc) is 3.00.